The second-order valence-corrected chi connectivity index (χ2v) is 7.03. The molecule has 2 aromatic heterocycles. The standard InChI is InChI=1S/C19H21FN4O3S/c1-27-23-19(26)16-9-15-17(10-21-16)24(11-13-3-5-14(20)6-4-13)12-18(15)28-22-7-2-8-25/h3-6,9-10,12,22,25H,2,7-8,11H2,1H3,(H,23,26)/p+1. The minimum Gasteiger partial charge on any atom is -0.396 e. The van der Waals surface area contributed by atoms with Crippen molar-refractivity contribution in [1.29, 1.82) is 0 Å². The van der Waals surface area contributed by atoms with Crippen LogP contribution in [0.1, 0.15) is 22.5 Å². The highest BCUT2D eigenvalue weighted by Gasteiger charge is 2.19. The maximum absolute atomic E-state index is 13.2. The summed E-state index contributed by atoms with van der Waals surface area (Å²) in [5, 5.41) is 9.82. The van der Waals surface area contributed by atoms with Crippen LogP contribution in [0.2, 0.25) is 0 Å². The van der Waals surface area contributed by atoms with Crippen LogP contribution in [0.4, 0.5) is 4.39 Å². The molecule has 0 saturated carbocycles. The van der Waals surface area contributed by atoms with E-state index in [1.165, 1.54) is 31.2 Å². The predicted octanol–water partition coefficient (Wildman–Crippen LogP) is 1.91. The third-order valence-electron chi connectivity index (χ3n) is 4.10. The maximum atomic E-state index is 13.2. The summed E-state index contributed by atoms with van der Waals surface area (Å²) >= 11 is 1.44. The summed E-state index contributed by atoms with van der Waals surface area (Å²) in [6.45, 7) is 1.34. The molecule has 0 unspecified atom stereocenters. The van der Waals surface area contributed by atoms with Crippen molar-refractivity contribution in [3.05, 3.63) is 59.8 Å². The van der Waals surface area contributed by atoms with Crippen molar-refractivity contribution >= 4 is 28.8 Å². The van der Waals surface area contributed by atoms with E-state index in [0.717, 1.165) is 21.4 Å². The zero-order valence-corrected chi connectivity index (χ0v) is 16.2. The monoisotopic (exact) mass is 405 g/mol. The first kappa shape index (κ1) is 20.3. The number of H-pyrrole nitrogens is 1. The van der Waals surface area contributed by atoms with E-state index in [1.54, 1.807) is 24.4 Å². The first-order valence-corrected chi connectivity index (χ1v) is 9.57. The number of amides is 1. The minimum atomic E-state index is -0.375. The van der Waals surface area contributed by atoms with E-state index in [2.05, 4.69) is 20.0 Å². The van der Waals surface area contributed by atoms with E-state index in [1.807, 2.05) is 10.8 Å². The molecule has 2 heterocycles. The average molecular weight is 405 g/mol. The summed E-state index contributed by atoms with van der Waals surface area (Å²) < 4.78 is 18.4. The van der Waals surface area contributed by atoms with E-state index < -0.39 is 0 Å². The van der Waals surface area contributed by atoms with Crippen LogP contribution in [-0.2, 0) is 11.4 Å². The first-order chi connectivity index (χ1) is 13.6. The van der Waals surface area contributed by atoms with Gasteiger partial charge in [-0.2, -0.15) is 0 Å². The zero-order chi connectivity index (χ0) is 19.9. The van der Waals surface area contributed by atoms with Gasteiger partial charge in [0.2, 0.25) is 0 Å². The summed E-state index contributed by atoms with van der Waals surface area (Å²) in [5.41, 5.74) is 4.53. The largest absolute Gasteiger partial charge is 0.396 e. The van der Waals surface area contributed by atoms with Crippen LogP contribution < -0.4 is 15.2 Å². The van der Waals surface area contributed by atoms with Crippen LogP contribution in [0.3, 0.4) is 0 Å². The Bertz CT molecular complexity index is 946. The Morgan fingerprint density at radius 2 is 2.14 bits per heavy atom. The third kappa shape index (κ3) is 4.87. The van der Waals surface area contributed by atoms with Gasteiger partial charge in [-0.15, -0.1) is 0 Å². The van der Waals surface area contributed by atoms with Gasteiger partial charge in [-0.05, 0) is 36.1 Å². The molecular formula is C19H22FN4O3S+. The number of nitrogens with zero attached hydrogens (tertiary/aromatic N) is 1. The molecule has 7 nitrogen and oxygen atoms in total. The fourth-order valence-electron chi connectivity index (χ4n) is 2.76. The van der Waals surface area contributed by atoms with Crippen molar-refractivity contribution in [2.75, 3.05) is 20.3 Å². The van der Waals surface area contributed by atoms with Crippen LogP contribution in [0.5, 0.6) is 0 Å². The number of hydroxylamine groups is 1. The maximum Gasteiger partial charge on any atom is 0.339 e. The minimum absolute atomic E-state index is 0.121. The van der Waals surface area contributed by atoms with E-state index in [0.29, 0.717) is 25.2 Å². The number of aromatic nitrogens is 2. The van der Waals surface area contributed by atoms with Gasteiger partial charge in [-0.25, -0.2) is 14.9 Å². The zero-order valence-electron chi connectivity index (χ0n) is 15.4. The van der Waals surface area contributed by atoms with Crippen molar-refractivity contribution in [2.24, 2.45) is 0 Å². The number of benzene rings is 1. The number of rotatable bonds is 9. The smallest absolute Gasteiger partial charge is 0.339 e. The van der Waals surface area contributed by atoms with Crippen molar-refractivity contribution in [2.45, 2.75) is 17.9 Å². The van der Waals surface area contributed by atoms with Crippen molar-refractivity contribution in [3.8, 4) is 0 Å². The van der Waals surface area contributed by atoms with Gasteiger partial charge in [-0.3, -0.25) is 14.4 Å². The summed E-state index contributed by atoms with van der Waals surface area (Å²) in [6, 6.07) is 8.13. The number of fused-ring (bicyclic) bond motifs is 1. The van der Waals surface area contributed by atoms with Gasteiger partial charge in [0.15, 0.2) is 6.20 Å². The number of nitrogens with one attached hydrogen (secondary N) is 3. The topological polar surface area (TPSA) is 89.7 Å². The van der Waals surface area contributed by atoms with Gasteiger partial charge in [0.1, 0.15) is 11.3 Å². The summed E-state index contributed by atoms with van der Waals surface area (Å²) in [6.07, 6.45) is 4.40. The Morgan fingerprint density at radius 3 is 2.86 bits per heavy atom. The second-order valence-electron chi connectivity index (χ2n) is 6.10. The van der Waals surface area contributed by atoms with Crippen molar-refractivity contribution in [1.82, 2.24) is 14.8 Å². The van der Waals surface area contributed by atoms with E-state index in [-0.39, 0.29) is 18.3 Å². The number of aliphatic hydroxyl groups is 1. The van der Waals surface area contributed by atoms with Gasteiger partial charge in [-0.1, -0.05) is 12.1 Å². The molecule has 0 saturated heterocycles. The quantitative estimate of drug-likeness (QED) is 0.288. The van der Waals surface area contributed by atoms with E-state index in [4.69, 9.17) is 5.11 Å². The Kier molecular flexibility index (Phi) is 6.99. The number of carbonyl (C=O) groups excluding carboxylic acids is 1. The molecule has 1 aromatic carbocycles. The highest BCUT2D eigenvalue weighted by atomic mass is 32.2. The molecule has 0 spiro atoms. The molecule has 0 bridgehead atoms. The lowest BCUT2D eigenvalue weighted by Crippen LogP contribution is -2.28. The normalized spacial score (nSPS) is 11.1. The van der Waals surface area contributed by atoms with E-state index in [9.17, 15) is 9.18 Å². The molecule has 4 N–H and O–H groups in total. The number of pyridine rings is 1. The van der Waals surface area contributed by atoms with E-state index >= 15 is 0 Å². The molecule has 1 amide bonds. The molecule has 0 aliphatic heterocycles. The number of hydrogen-bond acceptors (Lipinski definition) is 5. The molecule has 3 rings (SSSR count). The number of aliphatic hydroxyl groups excluding tert-OH is 1. The van der Waals surface area contributed by atoms with Gasteiger partial charge < -0.3 is 9.67 Å². The second kappa shape index (κ2) is 9.65. The summed E-state index contributed by atoms with van der Waals surface area (Å²) in [4.78, 5) is 20.7. The van der Waals surface area contributed by atoms with Crippen LogP contribution in [0.25, 0.3) is 10.9 Å². The lowest BCUT2D eigenvalue weighted by Gasteiger charge is -2.04. The van der Waals surface area contributed by atoms with Gasteiger partial charge >= 0.3 is 5.91 Å². The van der Waals surface area contributed by atoms with Gasteiger partial charge in [0.25, 0.3) is 5.69 Å². The summed E-state index contributed by atoms with van der Waals surface area (Å²) in [5.74, 6) is -0.646. The molecule has 0 aliphatic carbocycles. The molecule has 0 fully saturated rings. The third-order valence-corrected chi connectivity index (χ3v) is 5.00. The summed E-state index contributed by atoms with van der Waals surface area (Å²) in [7, 11) is 1.38. The number of halogens is 1. The number of hydrogen-bond donors (Lipinski definition) is 3. The SMILES string of the molecule is CONC(=O)c1cc2c(SNCCCO)cn(Cc3ccc(F)cc3)c2c[nH+]1. The first-order valence-electron chi connectivity index (χ1n) is 8.75. The Balaban J connectivity index is 1.93. The van der Waals surface area contributed by atoms with Crippen LogP contribution >= 0.6 is 11.9 Å². The Labute approximate surface area is 166 Å². The highest BCUT2D eigenvalue weighted by Crippen LogP contribution is 2.28. The Hall–Kier alpha value is -2.46. The lowest BCUT2D eigenvalue weighted by molar-refractivity contribution is -0.380. The van der Waals surface area contributed by atoms with Gasteiger partial charge in [0.05, 0.1) is 7.11 Å². The number of carbonyl (C=O) groups is 1. The van der Waals surface area contributed by atoms with Crippen molar-refractivity contribution < 1.29 is 24.1 Å². The number of aromatic amines is 1. The molecule has 0 atom stereocenters. The average Bonchev–Trinajstić information content (AvgIpc) is 3.04. The molecule has 9 heteroatoms. The van der Waals surface area contributed by atoms with Crippen LogP contribution in [0.15, 0.2) is 47.6 Å². The molecule has 0 aliphatic rings. The molecule has 28 heavy (non-hydrogen) atoms. The highest BCUT2D eigenvalue weighted by molar-refractivity contribution is 7.97. The fraction of sp³-hybridized carbons (Fsp3) is 0.263. The molecule has 148 valence electrons. The van der Waals surface area contributed by atoms with Crippen LogP contribution in [0, 0.1) is 5.82 Å². The predicted molar refractivity (Wildman–Crippen MR) is 104 cm³/mol. The van der Waals surface area contributed by atoms with Gasteiger partial charge in [0, 0.05) is 42.2 Å². The molecular weight excluding hydrogens is 383 g/mol. The van der Waals surface area contributed by atoms with Crippen molar-refractivity contribution in [3.63, 3.8) is 0 Å². The lowest BCUT2D eigenvalue weighted by atomic mass is 10.2. The van der Waals surface area contributed by atoms with Crippen LogP contribution in [-0.4, -0.2) is 35.8 Å². The Morgan fingerprint density at radius 1 is 1.36 bits per heavy atom. The molecule has 3 aromatic rings. The molecule has 0 radical (unpaired) electrons. The fourth-order valence-corrected chi connectivity index (χ4v) is 3.61.